The Hall–Kier alpha value is -1.96. The lowest BCUT2D eigenvalue weighted by Crippen LogP contribution is -2.16. The van der Waals surface area contributed by atoms with E-state index in [0.717, 1.165) is 5.56 Å². The number of aromatic nitrogens is 4. The summed E-state index contributed by atoms with van der Waals surface area (Å²) in [5.41, 5.74) is 0.743. The summed E-state index contributed by atoms with van der Waals surface area (Å²) in [6, 6.07) is 0. The summed E-state index contributed by atoms with van der Waals surface area (Å²) >= 11 is 0. The summed E-state index contributed by atoms with van der Waals surface area (Å²) in [7, 11) is -3.76. The molecule has 2 rings (SSSR count). The number of nitrogens with zero attached hydrogens (tertiary/aromatic N) is 4. The molecule has 0 aliphatic rings. The van der Waals surface area contributed by atoms with E-state index in [9.17, 15) is 8.42 Å². The molecule has 0 aliphatic carbocycles. The van der Waals surface area contributed by atoms with Crippen molar-refractivity contribution in [2.75, 3.05) is 4.72 Å². The molecule has 0 aromatic carbocycles. The smallest absolute Gasteiger partial charge is 0.282 e. The minimum atomic E-state index is -3.76. The Labute approximate surface area is 130 Å². The van der Waals surface area contributed by atoms with E-state index in [1.165, 1.54) is 18.9 Å². The van der Waals surface area contributed by atoms with Gasteiger partial charge in [0.2, 0.25) is 0 Å². The summed E-state index contributed by atoms with van der Waals surface area (Å²) in [5, 5.41) is -0.0125. The lowest BCUT2D eigenvalue weighted by Gasteiger charge is -2.11. The van der Waals surface area contributed by atoms with Crippen LogP contribution in [0.1, 0.15) is 39.2 Å². The van der Waals surface area contributed by atoms with Crippen LogP contribution in [0.5, 0.6) is 0 Å². The van der Waals surface area contributed by atoms with E-state index in [1.54, 1.807) is 10.8 Å². The normalized spacial score (nSPS) is 12.1. The molecule has 0 unspecified atom stereocenters. The average molecular weight is 323 g/mol. The maximum absolute atomic E-state index is 12.4. The van der Waals surface area contributed by atoms with Gasteiger partial charge in [0.05, 0.1) is 6.33 Å². The molecule has 0 aliphatic heterocycles. The highest BCUT2D eigenvalue weighted by Gasteiger charge is 2.20. The molecular formula is C14H21N5O2S. The molecule has 2 aromatic rings. The van der Waals surface area contributed by atoms with Gasteiger partial charge in [0.15, 0.2) is 5.03 Å². The first-order valence-electron chi connectivity index (χ1n) is 7.14. The van der Waals surface area contributed by atoms with Crippen LogP contribution in [0, 0.1) is 5.92 Å². The molecule has 0 saturated carbocycles. The molecule has 0 fully saturated rings. The number of hydrogen-bond donors (Lipinski definition) is 1. The van der Waals surface area contributed by atoms with E-state index >= 15 is 0 Å². The third-order valence-corrected chi connectivity index (χ3v) is 4.28. The Balaban J connectivity index is 2.27. The van der Waals surface area contributed by atoms with Gasteiger partial charge < -0.3 is 4.57 Å². The zero-order chi connectivity index (χ0) is 16.3. The first-order chi connectivity index (χ1) is 10.3. The molecule has 0 spiro atoms. The Morgan fingerprint density at radius 1 is 1.23 bits per heavy atom. The highest BCUT2D eigenvalue weighted by molar-refractivity contribution is 7.92. The number of sulfonamides is 1. The van der Waals surface area contributed by atoms with Crippen molar-refractivity contribution in [1.82, 2.24) is 19.5 Å². The van der Waals surface area contributed by atoms with Gasteiger partial charge in [-0.2, -0.15) is 8.42 Å². The summed E-state index contributed by atoms with van der Waals surface area (Å²) < 4.78 is 29.1. The second kappa shape index (κ2) is 6.43. The molecule has 0 saturated heterocycles. The predicted molar refractivity (Wildman–Crippen MR) is 84.0 cm³/mol. The van der Waals surface area contributed by atoms with Crippen molar-refractivity contribution in [2.45, 2.75) is 45.2 Å². The van der Waals surface area contributed by atoms with E-state index in [2.05, 4.69) is 33.5 Å². The molecule has 0 amide bonds. The third-order valence-electron chi connectivity index (χ3n) is 3.05. The van der Waals surface area contributed by atoms with Crippen molar-refractivity contribution in [2.24, 2.45) is 5.92 Å². The second-order valence-corrected chi connectivity index (χ2v) is 7.52. The zero-order valence-corrected chi connectivity index (χ0v) is 14.0. The van der Waals surface area contributed by atoms with Gasteiger partial charge in [-0.1, -0.05) is 27.7 Å². The molecule has 0 radical (unpaired) electrons. The molecule has 2 heterocycles. The average Bonchev–Trinajstić information content (AvgIpc) is 2.87. The lowest BCUT2D eigenvalue weighted by molar-refractivity contribution is 0.522. The molecule has 0 bridgehead atoms. The second-order valence-electron chi connectivity index (χ2n) is 5.89. The topological polar surface area (TPSA) is 89.8 Å². The quantitative estimate of drug-likeness (QED) is 0.880. The molecule has 2 aromatic heterocycles. The number of nitrogens with one attached hydrogen (secondary N) is 1. The number of hydrogen-bond acceptors (Lipinski definition) is 5. The molecule has 120 valence electrons. The fourth-order valence-electron chi connectivity index (χ4n) is 2.03. The summed E-state index contributed by atoms with van der Waals surface area (Å²) in [6.07, 6.45) is 5.99. The van der Waals surface area contributed by atoms with Crippen LogP contribution >= 0.6 is 0 Å². The van der Waals surface area contributed by atoms with Crippen LogP contribution in [0.25, 0.3) is 0 Å². The largest absolute Gasteiger partial charge is 0.336 e. The van der Waals surface area contributed by atoms with E-state index < -0.39 is 10.0 Å². The van der Waals surface area contributed by atoms with Gasteiger partial charge in [0, 0.05) is 24.5 Å². The maximum Gasteiger partial charge on any atom is 0.282 e. The van der Waals surface area contributed by atoms with E-state index in [4.69, 9.17) is 0 Å². The minimum absolute atomic E-state index is 0.0125. The van der Waals surface area contributed by atoms with Crippen molar-refractivity contribution in [3.63, 3.8) is 0 Å². The Kier molecular flexibility index (Phi) is 4.80. The van der Waals surface area contributed by atoms with E-state index in [1.807, 2.05) is 13.8 Å². The predicted octanol–water partition coefficient (Wildman–Crippen LogP) is 2.25. The Bertz CT molecular complexity index is 737. The maximum atomic E-state index is 12.4. The van der Waals surface area contributed by atoms with Crippen molar-refractivity contribution in [3.8, 4) is 0 Å². The fraction of sp³-hybridized carbons (Fsp3) is 0.500. The monoisotopic (exact) mass is 323 g/mol. The zero-order valence-electron chi connectivity index (χ0n) is 13.2. The van der Waals surface area contributed by atoms with Gasteiger partial charge >= 0.3 is 0 Å². The fourth-order valence-corrected chi connectivity index (χ4v) is 3.02. The van der Waals surface area contributed by atoms with Crippen LogP contribution in [0.15, 0.2) is 30.1 Å². The van der Waals surface area contributed by atoms with E-state index in [0.29, 0.717) is 18.3 Å². The van der Waals surface area contributed by atoms with Crippen molar-refractivity contribution >= 4 is 15.8 Å². The molecular weight excluding hydrogens is 302 g/mol. The summed E-state index contributed by atoms with van der Waals surface area (Å²) in [5.74, 6) is 0.813. The molecule has 22 heavy (non-hydrogen) atoms. The standard InChI is InChI=1S/C14H21N5O2S/c1-10(2)6-19-7-13(17-9-19)22(20,21)18-14-12(11(3)4)5-15-8-16-14/h5,7-11H,6H2,1-4H3,(H,15,16,18). The first-order valence-corrected chi connectivity index (χ1v) is 8.62. The first kappa shape index (κ1) is 16.4. The van der Waals surface area contributed by atoms with Crippen LogP contribution in [0.3, 0.4) is 0 Å². The van der Waals surface area contributed by atoms with Crippen molar-refractivity contribution in [3.05, 3.63) is 30.6 Å². The van der Waals surface area contributed by atoms with Gasteiger partial charge in [-0.15, -0.1) is 0 Å². The van der Waals surface area contributed by atoms with Gasteiger partial charge in [-0.3, -0.25) is 4.72 Å². The third kappa shape index (κ3) is 3.82. The van der Waals surface area contributed by atoms with Gasteiger partial charge in [-0.25, -0.2) is 15.0 Å². The van der Waals surface area contributed by atoms with Crippen LogP contribution in [0.4, 0.5) is 5.82 Å². The number of anilines is 1. The number of imidazole rings is 1. The van der Waals surface area contributed by atoms with Gasteiger partial charge in [0.1, 0.15) is 12.1 Å². The van der Waals surface area contributed by atoms with Crippen LogP contribution in [-0.4, -0.2) is 27.9 Å². The lowest BCUT2D eigenvalue weighted by atomic mass is 10.1. The van der Waals surface area contributed by atoms with Crippen molar-refractivity contribution in [1.29, 1.82) is 0 Å². The Morgan fingerprint density at radius 3 is 2.59 bits per heavy atom. The summed E-state index contributed by atoms with van der Waals surface area (Å²) in [4.78, 5) is 12.0. The van der Waals surface area contributed by atoms with Gasteiger partial charge in [-0.05, 0) is 11.8 Å². The summed E-state index contributed by atoms with van der Waals surface area (Å²) in [6.45, 7) is 8.74. The highest BCUT2D eigenvalue weighted by atomic mass is 32.2. The van der Waals surface area contributed by atoms with Crippen LogP contribution < -0.4 is 4.72 Å². The molecule has 8 heteroatoms. The van der Waals surface area contributed by atoms with Gasteiger partial charge in [0.25, 0.3) is 10.0 Å². The SMILES string of the molecule is CC(C)Cn1cnc(S(=O)(=O)Nc2ncncc2C(C)C)c1. The van der Waals surface area contributed by atoms with Crippen LogP contribution in [-0.2, 0) is 16.6 Å². The van der Waals surface area contributed by atoms with Crippen molar-refractivity contribution < 1.29 is 8.42 Å². The van der Waals surface area contributed by atoms with E-state index in [-0.39, 0.29) is 10.9 Å². The van der Waals surface area contributed by atoms with Crippen LogP contribution in [0.2, 0.25) is 0 Å². The Morgan fingerprint density at radius 2 is 1.95 bits per heavy atom. The highest BCUT2D eigenvalue weighted by Crippen LogP contribution is 2.22. The molecule has 7 nitrogen and oxygen atoms in total. The minimum Gasteiger partial charge on any atom is -0.336 e. The molecule has 1 N–H and O–H groups in total. The molecule has 0 atom stereocenters. The number of rotatable bonds is 6.